The van der Waals surface area contributed by atoms with E-state index < -0.39 is 5.25 Å². The molecule has 0 aliphatic rings. The molecule has 0 saturated carbocycles. The van der Waals surface area contributed by atoms with Crippen LogP contribution >= 0.6 is 11.8 Å². The Balaban J connectivity index is 2.11. The highest BCUT2D eigenvalue weighted by Gasteiger charge is 2.22. The molecule has 1 heterocycles. The first kappa shape index (κ1) is 18.9. The topological polar surface area (TPSA) is 57.0 Å². The molecule has 0 radical (unpaired) electrons. The number of aryl methyl sites for hydroxylation is 2. The molecule has 1 aromatic carbocycles. The summed E-state index contributed by atoms with van der Waals surface area (Å²) in [4.78, 5) is 18.6. The van der Waals surface area contributed by atoms with Crippen molar-refractivity contribution >= 4 is 17.7 Å². The number of carbonyl (C=O) groups is 1. The third kappa shape index (κ3) is 4.80. The molecule has 25 heavy (non-hydrogen) atoms. The second-order valence-electron chi connectivity index (χ2n) is 5.96. The van der Waals surface area contributed by atoms with Crippen molar-refractivity contribution in [2.45, 2.75) is 37.6 Å². The summed E-state index contributed by atoms with van der Waals surface area (Å²) >= 11 is 1.27. The normalized spacial score (nSPS) is 11.7. The minimum absolute atomic E-state index is 0.0980. The van der Waals surface area contributed by atoms with Crippen LogP contribution in [0.3, 0.4) is 0 Å². The molecule has 0 aliphatic carbocycles. The molecule has 1 aromatic heterocycles. The average Bonchev–Trinajstić information content (AvgIpc) is 2.53. The maximum absolute atomic E-state index is 13.3. The highest BCUT2D eigenvalue weighted by molar-refractivity contribution is 8.00. The SMILES string of the molecule is Cc1cc(C)c(C#N)c(S[C@@H](C)C(=O)N(C)Cc2cccc(F)c2)n1. The molecule has 2 rings (SSSR count). The average molecular weight is 357 g/mol. The van der Waals surface area contributed by atoms with Crippen LogP contribution in [-0.4, -0.2) is 28.1 Å². The van der Waals surface area contributed by atoms with Crippen LogP contribution in [0, 0.1) is 31.0 Å². The first-order valence-electron chi connectivity index (χ1n) is 7.86. The molecule has 2 aromatic rings. The van der Waals surface area contributed by atoms with Gasteiger partial charge >= 0.3 is 0 Å². The van der Waals surface area contributed by atoms with Gasteiger partial charge in [-0.1, -0.05) is 23.9 Å². The zero-order chi connectivity index (χ0) is 18.6. The Morgan fingerprint density at radius 2 is 2.12 bits per heavy atom. The monoisotopic (exact) mass is 357 g/mol. The summed E-state index contributed by atoms with van der Waals surface area (Å²) in [6.45, 7) is 5.84. The van der Waals surface area contributed by atoms with Gasteiger partial charge in [0.25, 0.3) is 0 Å². The Morgan fingerprint density at radius 3 is 2.76 bits per heavy atom. The fourth-order valence-electron chi connectivity index (χ4n) is 2.54. The highest BCUT2D eigenvalue weighted by atomic mass is 32.2. The summed E-state index contributed by atoms with van der Waals surface area (Å²) in [5, 5.41) is 9.50. The summed E-state index contributed by atoms with van der Waals surface area (Å²) in [6, 6.07) is 10.2. The molecule has 1 atom stereocenters. The van der Waals surface area contributed by atoms with Crippen LogP contribution in [0.4, 0.5) is 4.39 Å². The van der Waals surface area contributed by atoms with Crippen molar-refractivity contribution in [1.29, 1.82) is 5.26 Å². The zero-order valence-corrected chi connectivity index (χ0v) is 15.5. The van der Waals surface area contributed by atoms with Crippen LogP contribution in [0.15, 0.2) is 35.4 Å². The third-order valence-corrected chi connectivity index (χ3v) is 4.82. The summed E-state index contributed by atoms with van der Waals surface area (Å²) < 4.78 is 13.3. The van der Waals surface area contributed by atoms with Gasteiger partial charge in [-0.25, -0.2) is 9.37 Å². The van der Waals surface area contributed by atoms with Crippen LogP contribution in [0.25, 0.3) is 0 Å². The summed E-state index contributed by atoms with van der Waals surface area (Å²) in [7, 11) is 1.68. The third-order valence-electron chi connectivity index (χ3n) is 3.74. The fourth-order valence-corrected chi connectivity index (χ4v) is 3.68. The minimum atomic E-state index is -0.403. The molecule has 0 aliphatic heterocycles. The minimum Gasteiger partial charge on any atom is -0.340 e. The van der Waals surface area contributed by atoms with E-state index in [1.165, 1.54) is 23.9 Å². The predicted molar refractivity (Wildman–Crippen MR) is 96.6 cm³/mol. The Kier molecular flexibility index (Phi) is 6.16. The molecule has 0 bridgehead atoms. The molecule has 0 fully saturated rings. The summed E-state index contributed by atoms with van der Waals surface area (Å²) in [6.07, 6.45) is 0. The maximum atomic E-state index is 13.3. The number of rotatable bonds is 5. The van der Waals surface area contributed by atoms with Gasteiger partial charge in [-0.2, -0.15) is 5.26 Å². The van der Waals surface area contributed by atoms with Gasteiger partial charge in [-0.3, -0.25) is 4.79 Å². The van der Waals surface area contributed by atoms with Crippen LogP contribution in [0.5, 0.6) is 0 Å². The van der Waals surface area contributed by atoms with Gasteiger partial charge in [0.2, 0.25) is 5.91 Å². The lowest BCUT2D eigenvalue weighted by Crippen LogP contribution is -2.32. The Hall–Kier alpha value is -2.39. The van der Waals surface area contributed by atoms with Crippen molar-refractivity contribution < 1.29 is 9.18 Å². The number of benzene rings is 1. The maximum Gasteiger partial charge on any atom is 0.235 e. The Morgan fingerprint density at radius 1 is 1.40 bits per heavy atom. The first-order chi connectivity index (χ1) is 11.8. The molecule has 0 spiro atoms. The summed E-state index contributed by atoms with van der Waals surface area (Å²) in [5.74, 6) is -0.419. The van der Waals surface area contributed by atoms with Crippen LogP contribution in [0.2, 0.25) is 0 Å². The van der Waals surface area contributed by atoms with E-state index in [9.17, 15) is 14.4 Å². The van der Waals surface area contributed by atoms with Gasteiger partial charge in [0.05, 0.1) is 10.8 Å². The number of aromatic nitrogens is 1. The van der Waals surface area contributed by atoms with Gasteiger partial charge in [-0.15, -0.1) is 0 Å². The van der Waals surface area contributed by atoms with Crippen molar-refractivity contribution in [2.24, 2.45) is 0 Å². The van der Waals surface area contributed by atoms with Crippen molar-refractivity contribution in [3.8, 4) is 6.07 Å². The standard InChI is InChI=1S/C19H20FN3OS/c1-12-8-13(2)22-18(17(12)10-21)25-14(3)19(24)23(4)11-15-6-5-7-16(20)9-15/h5-9,14H,11H2,1-4H3/t14-/m0/s1. The molecule has 0 saturated heterocycles. The molecule has 1 amide bonds. The number of hydrogen-bond acceptors (Lipinski definition) is 4. The van der Waals surface area contributed by atoms with E-state index in [4.69, 9.17) is 0 Å². The summed E-state index contributed by atoms with van der Waals surface area (Å²) in [5.41, 5.74) is 2.90. The molecular weight excluding hydrogens is 337 g/mol. The molecule has 130 valence electrons. The number of nitriles is 1. The highest BCUT2D eigenvalue weighted by Crippen LogP contribution is 2.28. The number of halogens is 1. The first-order valence-corrected chi connectivity index (χ1v) is 8.74. The Bertz CT molecular complexity index is 832. The quantitative estimate of drug-likeness (QED) is 0.763. The number of carbonyl (C=O) groups excluding carboxylic acids is 1. The molecule has 0 unspecified atom stereocenters. The molecular formula is C19H20FN3OS. The van der Waals surface area contributed by atoms with E-state index in [-0.39, 0.29) is 11.7 Å². The van der Waals surface area contributed by atoms with Gasteiger partial charge in [0.15, 0.2) is 0 Å². The number of nitrogens with zero attached hydrogens (tertiary/aromatic N) is 3. The second kappa shape index (κ2) is 8.13. The van der Waals surface area contributed by atoms with Crippen molar-refractivity contribution in [2.75, 3.05) is 7.05 Å². The van der Waals surface area contributed by atoms with E-state index in [1.807, 2.05) is 19.9 Å². The fraction of sp³-hybridized carbons (Fsp3) is 0.316. The predicted octanol–water partition coefficient (Wildman–Crippen LogP) is 3.85. The zero-order valence-electron chi connectivity index (χ0n) is 14.7. The van der Waals surface area contributed by atoms with E-state index in [1.54, 1.807) is 31.0 Å². The Labute approximate surface area is 151 Å². The van der Waals surface area contributed by atoms with E-state index in [0.717, 1.165) is 16.8 Å². The second-order valence-corrected chi connectivity index (χ2v) is 7.29. The van der Waals surface area contributed by atoms with Gasteiger partial charge < -0.3 is 4.90 Å². The number of hydrogen-bond donors (Lipinski definition) is 0. The lowest BCUT2D eigenvalue weighted by molar-refractivity contribution is -0.129. The van der Waals surface area contributed by atoms with Crippen LogP contribution in [-0.2, 0) is 11.3 Å². The van der Waals surface area contributed by atoms with E-state index >= 15 is 0 Å². The van der Waals surface area contributed by atoms with Crippen molar-refractivity contribution in [1.82, 2.24) is 9.88 Å². The smallest absolute Gasteiger partial charge is 0.235 e. The number of thioether (sulfide) groups is 1. The van der Waals surface area contributed by atoms with Crippen LogP contribution in [0.1, 0.15) is 29.3 Å². The lowest BCUT2D eigenvalue weighted by Gasteiger charge is -2.21. The van der Waals surface area contributed by atoms with Crippen molar-refractivity contribution in [3.05, 3.63) is 58.5 Å². The largest absolute Gasteiger partial charge is 0.340 e. The number of amides is 1. The molecule has 0 N–H and O–H groups in total. The lowest BCUT2D eigenvalue weighted by atomic mass is 10.1. The van der Waals surface area contributed by atoms with E-state index in [2.05, 4.69) is 11.1 Å². The van der Waals surface area contributed by atoms with Crippen LogP contribution < -0.4 is 0 Å². The van der Waals surface area contributed by atoms with Gasteiger partial charge in [0.1, 0.15) is 16.9 Å². The molecule has 6 heteroatoms. The van der Waals surface area contributed by atoms with Gasteiger partial charge in [0, 0.05) is 19.3 Å². The van der Waals surface area contributed by atoms with Crippen molar-refractivity contribution in [3.63, 3.8) is 0 Å². The van der Waals surface area contributed by atoms with Gasteiger partial charge in [-0.05, 0) is 50.1 Å². The van der Waals surface area contributed by atoms with E-state index in [0.29, 0.717) is 17.1 Å². The molecule has 4 nitrogen and oxygen atoms in total. The number of pyridine rings is 1.